The molecular weight excluding hydrogens is 242 g/mol. The molecule has 0 aliphatic heterocycles. The highest BCUT2D eigenvalue weighted by atomic mass is 16.5. The summed E-state index contributed by atoms with van der Waals surface area (Å²) in [4.78, 5) is 4.31. The van der Waals surface area contributed by atoms with Crippen molar-refractivity contribution < 1.29 is 8.94 Å². The minimum atomic E-state index is 0.0176. The molecule has 0 bridgehead atoms. The van der Waals surface area contributed by atoms with E-state index >= 15 is 0 Å². The molecule has 19 heavy (non-hydrogen) atoms. The summed E-state index contributed by atoms with van der Waals surface area (Å²) in [5.41, 5.74) is 0.796. The van der Waals surface area contributed by atoms with Crippen LogP contribution in [0, 0.1) is 17.2 Å². The van der Waals surface area contributed by atoms with E-state index in [9.17, 15) is 0 Å². The van der Waals surface area contributed by atoms with Crippen molar-refractivity contribution in [1.29, 1.82) is 5.26 Å². The van der Waals surface area contributed by atoms with E-state index < -0.39 is 0 Å². The fourth-order valence-corrected chi connectivity index (χ4v) is 2.19. The molecule has 0 N–H and O–H groups in total. The van der Waals surface area contributed by atoms with E-state index in [4.69, 9.17) is 14.2 Å². The predicted octanol–water partition coefficient (Wildman–Crippen LogP) is 3.11. The summed E-state index contributed by atoms with van der Waals surface area (Å²) < 4.78 is 10.9. The minimum Gasteiger partial charge on any atom is -0.453 e. The highest BCUT2D eigenvalue weighted by molar-refractivity contribution is 5.81. The maximum absolute atomic E-state index is 8.80. The van der Waals surface area contributed by atoms with E-state index in [1.165, 1.54) is 0 Å². The van der Waals surface area contributed by atoms with Gasteiger partial charge in [0, 0.05) is 5.39 Å². The van der Waals surface area contributed by atoms with Gasteiger partial charge in [-0.15, -0.1) is 0 Å². The van der Waals surface area contributed by atoms with Crippen LogP contribution in [0.4, 0.5) is 0 Å². The van der Waals surface area contributed by atoms with Crippen LogP contribution in [-0.2, 0) is 0 Å². The van der Waals surface area contributed by atoms with Crippen molar-refractivity contribution in [3.63, 3.8) is 0 Å². The van der Waals surface area contributed by atoms with Crippen molar-refractivity contribution in [3.05, 3.63) is 36.2 Å². The summed E-state index contributed by atoms with van der Waals surface area (Å²) in [5.74, 6) is 1.67. The molecule has 0 saturated heterocycles. The lowest BCUT2D eigenvalue weighted by Gasteiger charge is -1.84. The van der Waals surface area contributed by atoms with Gasteiger partial charge in [0.2, 0.25) is 11.7 Å². The van der Waals surface area contributed by atoms with Crippen LogP contribution >= 0.6 is 0 Å². The Balaban J connectivity index is 1.71. The average molecular weight is 251 g/mol. The second-order valence-corrected chi connectivity index (χ2v) is 4.68. The molecule has 1 aromatic carbocycles. The SMILES string of the molecule is N#CC1CC1c1nc(-c2cc3ccccc3o2)no1. The summed E-state index contributed by atoms with van der Waals surface area (Å²) in [6.07, 6.45) is 0.804. The first-order valence-electron chi connectivity index (χ1n) is 6.07. The third-order valence-electron chi connectivity index (χ3n) is 3.36. The Morgan fingerprint density at radius 1 is 1.32 bits per heavy atom. The number of hydrogen-bond donors (Lipinski definition) is 0. The lowest BCUT2D eigenvalue weighted by Crippen LogP contribution is -1.82. The average Bonchev–Trinajstić information content (AvgIpc) is 2.89. The highest BCUT2D eigenvalue weighted by Crippen LogP contribution is 2.46. The molecule has 1 saturated carbocycles. The van der Waals surface area contributed by atoms with Crippen LogP contribution in [0.5, 0.6) is 0 Å². The number of hydrogen-bond acceptors (Lipinski definition) is 5. The summed E-state index contributed by atoms with van der Waals surface area (Å²) in [6, 6.07) is 11.8. The van der Waals surface area contributed by atoms with Gasteiger partial charge < -0.3 is 8.94 Å². The number of nitrogens with zero attached hydrogens (tertiary/aromatic N) is 3. The third-order valence-corrected chi connectivity index (χ3v) is 3.36. The van der Waals surface area contributed by atoms with E-state index in [0.717, 1.165) is 17.4 Å². The van der Waals surface area contributed by atoms with Gasteiger partial charge >= 0.3 is 0 Å². The van der Waals surface area contributed by atoms with E-state index in [2.05, 4.69) is 16.2 Å². The van der Waals surface area contributed by atoms with Gasteiger partial charge in [-0.3, -0.25) is 0 Å². The van der Waals surface area contributed by atoms with Crippen LogP contribution in [-0.4, -0.2) is 10.1 Å². The molecule has 3 aromatic rings. The van der Waals surface area contributed by atoms with Gasteiger partial charge in [0.25, 0.3) is 0 Å². The first-order valence-corrected chi connectivity index (χ1v) is 6.07. The van der Waals surface area contributed by atoms with Gasteiger partial charge in [-0.25, -0.2) is 0 Å². The zero-order valence-corrected chi connectivity index (χ0v) is 9.91. The fourth-order valence-electron chi connectivity index (χ4n) is 2.19. The lowest BCUT2D eigenvalue weighted by molar-refractivity contribution is 0.377. The van der Waals surface area contributed by atoms with Gasteiger partial charge in [0.1, 0.15) is 5.58 Å². The van der Waals surface area contributed by atoms with Crippen LogP contribution in [0.2, 0.25) is 0 Å². The van der Waals surface area contributed by atoms with Gasteiger partial charge in [-0.05, 0) is 18.6 Å². The first kappa shape index (κ1) is 10.3. The van der Waals surface area contributed by atoms with Crippen molar-refractivity contribution in [2.75, 3.05) is 0 Å². The molecule has 5 heteroatoms. The first-order chi connectivity index (χ1) is 9.35. The number of rotatable bonds is 2. The molecule has 0 amide bonds. The van der Waals surface area contributed by atoms with E-state index in [1.807, 2.05) is 30.3 Å². The summed E-state index contributed by atoms with van der Waals surface area (Å²) in [6.45, 7) is 0. The van der Waals surface area contributed by atoms with E-state index in [1.54, 1.807) is 0 Å². The van der Waals surface area contributed by atoms with Crippen LogP contribution in [0.25, 0.3) is 22.6 Å². The molecule has 2 aromatic heterocycles. The topological polar surface area (TPSA) is 75.8 Å². The Kier molecular flexibility index (Phi) is 2.00. The van der Waals surface area contributed by atoms with Crippen LogP contribution in [0.3, 0.4) is 0 Å². The van der Waals surface area contributed by atoms with Crippen molar-refractivity contribution >= 4 is 11.0 Å². The predicted molar refractivity (Wildman–Crippen MR) is 66.0 cm³/mol. The second-order valence-electron chi connectivity index (χ2n) is 4.68. The van der Waals surface area contributed by atoms with Gasteiger partial charge in [-0.1, -0.05) is 23.4 Å². The molecule has 1 aliphatic carbocycles. The van der Waals surface area contributed by atoms with Crippen LogP contribution in [0.1, 0.15) is 18.2 Å². The number of para-hydroxylation sites is 1. The van der Waals surface area contributed by atoms with E-state index in [-0.39, 0.29) is 11.8 Å². The quantitative estimate of drug-likeness (QED) is 0.699. The van der Waals surface area contributed by atoms with Crippen molar-refractivity contribution in [2.45, 2.75) is 12.3 Å². The third kappa shape index (κ3) is 1.61. The van der Waals surface area contributed by atoms with Crippen molar-refractivity contribution in [2.24, 2.45) is 5.92 Å². The molecule has 1 aliphatic rings. The summed E-state index contributed by atoms with van der Waals surface area (Å²) in [7, 11) is 0. The van der Waals surface area contributed by atoms with Gasteiger partial charge in [0.05, 0.1) is 17.9 Å². The summed E-state index contributed by atoms with van der Waals surface area (Å²) in [5, 5.41) is 13.7. The van der Waals surface area contributed by atoms with Crippen LogP contribution < -0.4 is 0 Å². The highest BCUT2D eigenvalue weighted by Gasteiger charge is 2.43. The normalized spacial score (nSPS) is 21.4. The standard InChI is InChI=1S/C14H9N3O2/c15-7-9-5-10(9)14-16-13(17-19-14)12-6-8-3-1-2-4-11(8)18-12/h1-4,6,9-10H,5H2. The Morgan fingerprint density at radius 2 is 2.21 bits per heavy atom. The Bertz CT molecular complexity index is 763. The Hall–Kier alpha value is -2.61. The smallest absolute Gasteiger partial charge is 0.238 e. The molecule has 0 radical (unpaired) electrons. The number of nitriles is 1. The number of benzene rings is 1. The lowest BCUT2D eigenvalue weighted by atomic mass is 10.2. The van der Waals surface area contributed by atoms with Crippen LogP contribution in [0.15, 0.2) is 39.3 Å². The largest absolute Gasteiger partial charge is 0.453 e. The molecule has 1 fully saturated rings. The summed E-state index contributed by atoms with van der Waals surface area (Å²) >= 11 is 0. The molecule has 0 spiro atoms. The number of furan rings is 1. The molecule has 5 nitrogen and oxygen atoms in total. The second kappa shape index (κ2) is 3.69. The Labute approximate surface area is 108 Å². The number of aromatic nitrogens is 2. The molecule has 2 atom stereocenters. The van der Waals surface area contributed by atoms with Gasteiger partial charge in [0.15, 0.2) is 5.76 Å². The maximum atomic E-state index is 8.80. The van der Waals surface area contributed by atoms with Crippen molar-refractivity contribution in [1.82, 2.24) is 10.1 Å². The molecular formula is C14H9N3O2. The maximum Gasteiger partial charge on any atom is 0.238 e. The minimum absolute atomic E-state index is 0.0176. The monoisotopic (exact) mass is 251 g/mol. The zero-order chi connectivity index (χ0) is 12.8. The number of fused-ring (bicyclic) bond motifs is 1. The van der Waals surface area contributed by atoms with Gasteiger partial charge in [-0.2, -0.15) is 10.2 Å². The molecule has 2 unspecified atom stereocenters. The molecule has 2 heterocycles. The fraction of sp³-hybridized carbons (Fsp3) is 0.214. The van der Waals surface area contributed by atoms with E-state index in [0.29, 0.717) is 17.5 Å². The van der Waals surface area contributed by atoms with Crippen molar-refractivity contribution in [3.8, 4) is 17.7 Å². The molecule has 92 valence electrons. The Morgan fingerprint density at radius 3 is 3.00 bits per heavy atom. The molecule has 4 rings (SSSR count). The zero-order valence-electron chi connectivity index (χ0n) is 9.91.